The van der Waals surface area contributed by atoms with Crippen LogP contribution in [-0.4, -0.2) is 72.0 Å². The van der Waals surface area contributed by atoms with E-state index < -0.39 is 6.04 Å². The van der Waals surface area contributed by atoms with Gasteiger partial charge in [0.25, 0.3) is 5.91 Å². The van der Waals surface area contributed by atoms with E-state index in [1.807, 2.05) is 30.1 Å². The summed E-state index contributed by atoms with van der Waals surface area (Å²) in [7, 11) is 3.52. The van der Waals surface area contributed by atoms with Crippen molar-refractivity contribution in [3.63, 3.8) is 0 Å². The quantitative estimate of drug-likeness (QED) is 0.804. The molecule has 3 heterocycles. The fourth-order valence-electron chi connectivity index (χ4n) is 4.23. The SMILES string of the molecule is CN1CCN(C(=O)c2ccc(=O)n(C)c2)C[C@H]1C(=O)Nc1cccc(N2CCCC2)c1. The number of nitrogens with zero attached hydrogens (tertiary/aromatic N) is 4. The van der Waals surface area contributed by atoms with Gasteiger partial charge in [0.05, 0.1) is 5.56 Å². The predicted octanol–water partition coefficient (Wildman–Crippen LogP) is 1.38. The summed E-state index contributed by atoms with van der Waals surface area (Å²) in [4.78, 5) is 43.6. The number of amides is 2. The van der Waals surface area contributed by atoms with Crippen LogP contribution in [0.1, 0.15) is 23.2 Å². The van der Waals surface area contributed by atoms with Crippen LogP contribution in [0.4, 0.5) is 11.4 Å². The van der Waals surface area contributed by atoms with Gasteiger partial charge in [0.2, 0.25) is 11.5 Å². The van der Waals surface area contributed by atoms with Crippen LogP contribution in [0.3, 0.4) is 0 Å². The van der Waals surface area contributed by atoms with Crippen molar-refractivity contribution in [3.05, 3.63) is 58.5 Å². The molecule has 0 spiro atoms. The molecule has 0 unspecified atom stereocenters. The Morgan fingerprint density at radius 3 is 2.52 bits per heavy atom. The Morgan fingerprint density at radius 2 is 1.77 bits per heavy atom. The Kier molecular flexibility index (Phi) is 6.08. The van der Waals surface area contributed by atoms with Gasteiger partial charge in [0, 0.05) is 63.4 Å². The largest absolute Gasteiger partial charge is 0.371 e. The second kappa shape index (κ2) is 8.93. The zero-order valence-electron chi connectivity index (χ0n) is 18.1. The first-order valence-corrected chi connectivity index (χ1v) is 10.7. The Hall–Kier alpha value is -3.13. The van der Waals surface area contributed by atoms with E-state index in [4.69, 9.17) is 0 Å². The van der Waals surface area contributed by atoms with E-state index in [0.717, 1.165) is 24.5 Å². The van der Waals surface area contributed by atoms with E-state index in [0.29, 0.717) is 25.2 Å². The number of rotatable bonds is 4. The molecule has 164 valence electrons. The highest BCUT2D eigenvalue weighted by Crippen LogP contribution is 2.24. The number of nitrogens with one attached hydrogen (secondary N) is 1. The zero-order chi connectivity index (χ0) is 22.0. The third-order valence-corrected chi connectivity index (χ3v) is 6.16. The van der Waals surface area contributed by atoms with Gasteiger partial charge in [0.15, 0.2) is 0 Å². The molecule has 0 bridgehead atoms. The molecule has 2 aliphatic heterocycles. The third kappa shape index (κ3) is 4.64. The zero-order valence-corrected chi connectivity index (χ0v) is 18.1. The standard InChI is InChI=1S/C23H29N5O3/c1-25-12-13-28(23(31)17-8-9-21(29)26(2)15-17)16-20(25)22(30)24-18-6-5-7-19(14-18)27-10-3-4-11-27/h5-9,14-15,20H,3-4,10-13,16H2,1-2H3,(H,24,30)/t20-/m0/s1. The van der Waals surface area contributed by atoms with E-state index in [1.54, 1.807) is 24.2 Å². The van der Waals surface area contributed by atoms with Crippen LogP contribution in [-0.2, 0) is 11.8 Å². The molecule has 8 nitrogen and oxygen atoms in total. The van der Waals surface area contributed by atoms with E-state index >= 15 is 0 Å². The summed E-state index contributed by atoms with van der Waals surface area (Å²) in [5, 5.41) is 3.03. The first-order valence-electron chi connectivity index (χ1n) is 10.7. The molecule has 2 amide bonds. The van der Waals surface area contributed by atoms with E-state index in [-0.39, 0.29) is 17.4 Å². The van der Waals surface area contributed by atoms with E-state index in [9.17, 15) is 14.4 Å². The van der Waals surface area contributed by atoms with Crippen molar-refractivity contribution in [2.45, 2.75) is 18.9 Å². The molecular weight excluding hydrogens is 394 g/mol. The minimum atomic E-state index is -0.444. The summed E-state index contributed by atoms with van der Waals surface area (Å²) < 4.78 is 1.39. The van der Waals surface area contributed by atoms with E-state index in [1.165, 1.54) is 23.5 Å². The number of benzene rings is 1. The first kappa shape index (κ1) is 21.1. The minimum absolute atomic E-state index is 0.126. The molecular formula is C23H29N5O3. The number of hydrogen-bond acceptors (Lipinski definition) is 5. The highest BCUT2D eigenvalue weighted by atomic mass is 16.2. The van der Waals surface area contributed by atoms with Gasteiger partial charge in [0.1, 0.15) is 6.04 Å². The van der Waals surface area contributed by atoms with Crippen molar-refractivity contribution in [2.75, 3.05) is 50.0 Å². The van der Waals surface area contributed by atoms with Gasteiger partial charge in [-0.1, -0.05) is 6.07 Å². The molecule has 8 heteroatoms. The molecule has 0 radical (unpaired) electrons. The summed E-state index contributed by atoms with van der Waals surface area (Å²) in [6.07, 6.45) is 3.94. The van der Waals surface area contributed by atoms with Crippen LogP contribution in [0.2, 0.25) is 0 Å². The maximum absolute atomic E-state index is 13.1. The molecule has 0 aliphatic carbocycles. The molecule has 2 aliphatic rings. The molecule has 1 N–H and O–H groups in total. The van der Waals surface area contributed by atoms with Crippen LogP contribution in [0, 0.1) is 0 Å². The van der Waals surface area contributed by atoms with Crippen LogP contribution in [0.5, 0.6) is 0 Å². The molecule has 1 aromatic carbocycles. The van der Waals surface area contributed by atoms with Crippen molar-refractivity contribution in [3.8, 4) is 0 Å². The van der Waals surface area contributed by atoms with Crippen molar-refractivity contribution >= 4 is 23.2 Å². The summed E-state index contributed by atoms with van der Waals surface area (Å²) >= 11 is 0. The average molecular weight is 424 g/mol. The van der Waals surface area contributed by atoms with Crippen LogP contribution in [0.15, 0.2) is 47.4 Å². The molecule has 2 fully saturated rings. The molecule has 2 aromatic rings. The number of aryl methyl sites for hydroxylation is 1. The van der Waals surface area contributed by atoms with Gasteiger partial charge in [-0.05, 0) is 44.2 Å². The van der Waals surface area contributed by atoms with Crippen LogP contribution in [0.25, 0.3) is 0 Å². The average Bonchev–Trinajstić information content (AvgIpc) is 3.31. The Labute approximate surface area is 182 Å². The van der Waals surface area contributed by atoms with Gasteiger partial charge in [-0.2, -0.15) is 0 Å². The first-order chi connectivity index (χ1) is 14.9. The van der Waals surface area contributed by atoms with Crippen molar-refractivity contribution < 1.29 is 9.59 Å². The number of anilines is 2. The second-order valence-electron chi connectivity index (χ2n) is 8.35. The number of hydrogen-bond donors (Lipinski definition) is 1. The minimum Gasteiger partial charge on any atom is -0.371 e. The smallest absolute Gasteiger partial charge is 0.255 e. The number of piperazine rings is 1. The number of aromatic nitrogens is 1. The topological polar surface area (TPSA) is 77.9 Å². The van der Waals surface area contributed by atoms with Gasteiger partial charge in [-0.3, -0.25) is 19.3 Å². The fourth-order valence-corrected chi connectivity index (χ4v) is 4.23. The molecule has 1 atom stereocenters. The lowest BCUT2D eigenvalue weighted by Crippen LogP contribution is -2.57. The summed E-state index contributed by atoms with van der Waals surface area (Å²) in [6, 6.07) is 10.4. The Balaban J connectivity index is 1.45. The number of carbonyl (C=O) groups is 2. The van der Waals surface area contributed by atoms with Crippen molar-refractivity contribution in [2.24, 2.45) is 7.05 Å². The molecule has 2 saturated heterocycles. The monoisotopic (exact) mass is 423 g/mol. The number of carbonyl (C=O) groups excluding carboxylic acids is 2. The van der Waals surface area contributed by atoms with Crippen molar-refractivity contribution in [1.29, 1.82) is 0 Å². The summed E-state index contributed by atoms with van der Waals surface area (Å²) in [6.45, 7) is 3.53. The normalized spacial score (nSPS) is 19.5. The third-order valence-electron chi connectivity index (χ3n) is 6.16. The molecule has 1 aromatic heterocycles. The molecule has 0 saturated carbocycles. The maximum Gasteiger partial charge on any atom is 0.255 e. The molecule has 31 heavy (non-hydrogen) atoms. The summed E-state index contributed by atoms with van der Waals surface area (Å²) in [5.74, 6) is -0.295. The van der Waals surface area contributed by atoms with Gasteiger partial charge in [-0.25, -0.2) is 0 Å². The lowest BCUT2D eigenvalue weighted by Gasteiger charge is -2.38. The number of likely N-dealkylation sites (N-methyl/N-ethyl adjacent to an activating group) is 1. The predicted molar refractivity (Wildman–Crippen MR) is 121 cm³/mol. The lowest BCUT2D eigenvalue weighted by molar-refractivity contribution is -0.122. The Morgan fingerprint density at radius 1 is 1.00 bits per heavy atom. The van der Waals surface area contributed by atoms with Crippen LogP contribution >= 0.6 is 0 Å². The maximum atomic E-state index is 13.1. The van der Waals surface area contributed by atoms with Crippen molar-refractivity contribution in [1.82, 2.24) is 14.4 Å². The van der Waals surface area contributed by atoms with E-state index in [2.05, 4.69) is 16.3 Å². The van der Waals surface area contributed by atoms with Gasteiger partial charge < -0.3 is 19.7 Å². The highest BCUT2D eigenvalue weighted by molar-refractivity contribution is 5.97. The van der Waals surface area contributed by atoms with Crippen LogP contribution < -0.4 is 15.8 Å². The molecule has 4 rings (SSSR count). The Bertz CT molecular complexity index is 1030. The fraction of sp³-hybridized carbons (Fsp3) is 0.435. The summed E-state index contributed by atoms with van der Waals surface area (Å²) in [5.41, 5.74) is 2.18. The number of pyridine rings is 1. The van der Waals surface area contributed by atoms with Gasteiger partial charge >= 0.3 is 0 Å². The second-order valence-corrected chi connectivity index (χ2v) is 8.35. The highest BCUT2D eigenvalue weighted by Gasteiger charge is 2.32. The lowest BCUT2D eigenvalue weighted by atomic mass is 10.1. The van der Waals surface area contributed by atoms with Gasteiger partial charge in [-0.15, -0.1) is 0 Å².